The molecule has 3 heteroatoms. The highest BCUT2D eigenvalue weighted by Crippen LogP contribution is 2.56. The van der Waals surface area contributed by atoms with Crippen molar-refractivity contribution in [1.29, 1.82) is 0 Å². The van der Waals surface area contributed by atoms with Crippen LogP contribution in [-0.4, -0.2) is 18.3 Å². The van der Waals surface area contributed by atoms with Gasteiger partial charge in [0.1, 0.15) is 0 Å². The van der Waals surface area contributed by atoms with Crippen LogP contribution in [0.2, 0.25) is 0 Å². The lowest BCUT2D eigenvalue weighted by atomic mass is 9.51. The standard InChI is InChI=1S/C17H28ClNO/c18-5-3-1-2-4-6-19-17(20)16-14-8-12-7-13(10-14)11-15(16)9-12/h12-16H,1-11H2,(H,19,20). The Morgan fingerprint density at radius 1 is 0.900 bits per heavy atom. The Morgan fingerprint density at radius 2 is 1.50 bits per heavy atom. The number of nitrogens with one attached hydrogen (secondary N) is 1. The van der Waals surface area contributed by atoms with E-state index in [0.29, 0.717) is 23.7 Å². The Labute approximate surface area is 128 Å². The molecular formula is C17H28ClNO. The molecule has 0 aromatic carbocycles. The first kappa shape index (κ1) is 14.7. The molecule has 2 nitrogen and oxygen atoms in total. The molecule has 0 aromatic rings. The van der Waals surface area contributed by atoms with E-state index in [9.17, 15) is 4.79 Å². The van der Waals surface area contributed by atoms with Crippen LogP contribution in [-0.2, 0) is 4.79 Å². The van der Waals surface area contributed by atoms with Crippen LogP contribution in [0, 0.1) is 29.6 Å². The number of carbonyl (C=O) groups is 1. The first-order chi connectivity index (χ1) is 9.78. The molecule has 1 amide bonds. The summed E-state index contributed by atoms with van der Waals surface area (Å²) in [5.41, 5.74) is 0. The van der Waals surface area contributed by atoms with Crippen LogP contribution in [0.4, 0.5) is 0 Å². The van der Waals surface area contributed by atoms with Crippen molar-refractivity contribution in [2.45, 2.75) is 57.8 Å². The number of unbranched alkanes of at least 4 members (excludes halogenated alkanes) is 3. The number of hydrogen-bond donors (Lipinski definition) is 1. The van der Waals surface area contributed by atoms with Crippen LogP contribution >= 0.6 is 11.6 Å². The van der Waals surface area contributed by atoms with Gasteiger partial charge in [0.05, 0.1) is 0 Å². The lowest BCUT2D eigenvalue weighted by Gasteiger charge is -2.53. The molecule has 4 aliphatic rings. The third-order valence-corrected chi connectivity index (χ3v) is 6.16. The number of carbonyl (C=O) groups excluding carboxylic acids is 1. The molecule has 4 bridgehead atoms. The summed E-state index contributed by atoms with van der Waals surface area (Å²) in [5, 5.41) is 3.22. The SMILES string of the molecule is O=C(NCCCCCCCl)C1C2CC3CC(C2)CC1C3. The quantitative estimate of drug-likeness (QED) is 0.559. The van der Waals surface area contributed by atoms with Crippen LogP contribution < -0.4 is 5.32 Å². The van der Waals surface area contributed by atoms with Crippen molar-refractivity contribution in [3.05, 3.63) is 0 Å². The fourth-order valence-electron chi connectivity index (χ4n) is 5.26. The van der Waals surface area contributed by atoms with Gasteiger partial charge in [-0.15, -0.1) is 11.6 Å². The number of halogens is 1. The van der Waals surface area contributed by atoms with Crippen LogP contribution in [0.15, 0.2) is 0 Å². The molecule has 0 heterocycles. The molecule has 0 aromatic heterocycles. The van der Waals surface area contributed by atoms with E-state index in [1.165, 1.54) is 44.9 Å². The van der Waals surface area contributed by atoms with Gasteiger partial charge in [-0.05, 0) is 68.6 Å². The molecule has 20 heavy (non-hydrogen) atoms. The Balaban J connectivity index is 1.41. The Bertz CT molecular complexity index is 316. The second kappa shape index (κ2) is 6.68. The second-order valence-corrected chi connectivity index (χ2v) is 7.73. The lowest BCUT2D eigenvalue weighted by molar-refractivity contribution is -0.138. The summed E-state index contributed by atoms with van der Waals surface area (Å²) in [6, 6.07) is 0. The van der Waals surface area contributed by atoms with Crippen molar-refractivity contribution in [1.82, 2.24) is 5.32 Å². The first-order valence-electron chi connectivity index (χ1n) is 8.61. The number of hydrogen-bond acceptors (Lipinski definition) is 1. The molecule has 0 saturated heterocycles. The minimum atomic E-state index is 0.352. The largest absolute Gasteiger partial charge is 0.356 e. The van der Waals surface area contributed by atoms with E-state index < -0.39 is 0 Å². The van der Waals surface area contributed by atoms with Gasteiger partial charge in [-0.25, -0.2) is 0 Å². The van der Waals surface area contributed by atoms with Gasteiger partial charge in [0.2, 0.25) is 5.91 Å². The van der Waals surface area contributed by atoms with Crippen LogP contribution in [0.5, 0.6) is 0 Å². The average Bonchev–Trinajstić information content (AvgIpc) is 2.41. The molecule has 114 valence electrons. The van der Waals surface area contributed by atoms with E-state index >= 15 is 0 Å². The molecule has 0 atom stereocenters. The van der Waals surface area contributed by atoms with E-state index in [2.05, 4.69) is 5.32 Å². The molecule has 4 aliphatic carbocycles. The van der Waals surface area contributed by atoms with E-state index in [4.69, 9.17) is 11.6 Å². The maximum Gasteiger partial charge on any atom is 0.223 e. The first-order valence-corrected chi connectivity index (χ1v) is 9.15. The second-order valence-electron chi connectivity index (χ2n) is 7.35. The lowest BCUT2D eigenvalue weighted by Crippen LogP contribution is -2.51. The van der Waals surface area contributed by atoms with Gasteiger partial charge in [-0.3, -0.25) is 4.79 Å². The summed E-state index contributed by atoms with van der Waals surface area (Å²) in [6.07, 6.45) is 11.4. The predicted octanol–water partition coefficient (Wildman–Crippen LogP) is 3.97. The average molecular weight is 298 g/mol. The van der Waals surface area contributed by atoms with Gasteiger partial charge in [0.25, 0.3) is 0 Å². The van der Waals surface area contributed by atoms with E-state index in [-0.39, 0.29) is 0 Å². The molecule has 4 rings (SSSR count). The highest BCUT2D eigenvalue weighted by molar-refractivity contribution is 6.17. The summed E-state index contributed by atoms with van der Waals surface area (Å²) in [5.74, 6) is 4.82. The minimum Gasteiger partial charge on any atom is -0.356 e. The zero-order valence-corrected chi connectivity index (χ0v) is 13.2. The maximum atomic E-state index is 12.5. The Hall–Kier alpha value is -0.240. The zero-order chi connectivity index (χ0) is 13.9. The molecule has 4 fully saturated rings. The third-order valence-electron chi connectivity index (χ3n) is 5.89. The monoisotopic (exact) mass is 297 g/mol. The molecule has 0 aliphatic heterocycles. The molecule has 0 spiro atoms. The number of alkyl halides is 1. The van der Waals surface area contributed by atoms with Crippen molar-refractivity contribution in [2.75, 3.05) is 12.4 Å². The van der Waals surface area contributed by atoms with E-state index in [0.717, 1.165) is 37.1 Å². The van der Waals surface area contributed by atoms with E-state index in [1.807, 2.05) is 0 Å². The minimum absolute atomic E-state index is 0.352. The topological polar surface area (TPSA) is 29.1 Å². The fourth-order valence-corrected chi connectivity index (χ4v) is 5.44. The molecular weight excluding hydrogens is 270 g/mol. The summed E-state index contributed by atoms with van der Waals surface area (Å²) in [4.78, 5) is 12.5. The van der Waals surface area contributed by atoms with Gasteiger partial charge in [0, 0.05) is 18.3 Å². The van der Waals surface area contributed by atoms with Gasteiger partial charge in [0.15, 0.2) is 0 Å². The maximum absolute atomic E-state index is 12.5. The molecule has 0 radical (unpaired) electrons. The Morgan fingerprint density at radius 3 is 2.10 bits per heavy atom. The van der Waals surface area contributed by atoms with Crippen LogP contribution in [0.1, 0.15) is 57.8 Å². The van der Waals surface area contributed by atoms with Crippen molar-refractivity contribution in [3.8, 4) is 0 Å². The van der Waals surface area contributed by atoms with Crippen molar-refractivity contribution < 1.29 is 4.79 Å². The number of amides is 1. The molecule has 0 unspecified atom stereocenters. The third kappa shape index (κ3) is 3.16. The van der Waals surface area contributed by atoms with Gasteiger partial charge in [-0.2, -0.15) is 0 Å². The van der Waals surface area contributed by atoms with E-state index in [1.54, 1.807) is 0 Å². The van der Waals surface area contributed by atoms with Gasteiger partial charge < -0.3 is 5.32 Å². The summed E-state index contributed by atoms with van der Waals surface area (Å²) < 4.78 is 0. The van der Waals surface area contributed by atoms with Crippen molar-refractivity contribution >= 4 is 17.5 Å². The summed E-state index contributed by atoms with van der Waals surface area (Å²) in [7, 11) is 0. The number of rotatable bonds is 7. The smallest absolute Gasteiger partial charge is 0.223 e. The van der Waals surface area contributed by atoms with Crippen molar-refractivity contribution in [3.63, 3.8) is 0 Å². The summed E-state index contributed by atoms with van der Waals surface area (Å²) in [6.45, 7) is 0.865. The van der Waals surface area contributed by atoms with Gasteiger partial charge >= 0.3 is 0 Å². The zero-order valence-electron chi connectivity index (χ0n) is 12.5. The van der Waals surface area contributed by atoms with Crippen LogP contribution in [0.3, 0.4) is 0 Å². The fraction of sp³-hybridized carbons (Fsp3) is 0.941. The summed E-state index contributed by atoms with van der Waals surface area (Å²) >= 11 is 5.67. The molecule has 4 saturated carbocycles. The van der Waals surface area contributed by atoms with Crippen LogP contribution in [0.25, 0.3) is 0 Å². The highest BCUT2D eigenvalue weighted by atomic mass is 35.5. The van der Waals surface area contributed by atoms with Gasteiger partial charge in [-0.1, -0.05) is 12.8 Å². The van der Waals surface area contributed by atoms with Crippen molar-refractivity contribution in [2.24, 2.45) is 29.6 Å². The normalized spacial score (nSPS) is 38.1. The predicted molar refractivity (Wildman–Crippen MR) is 82.7 cm³/mol. The Kier molecular flexibility index (Phi) is 4.91. The molecule has 1 N–H and O–H groups in total. The highest BCUT2D eigenvalue weighted by Gasteiger charge is 2.50.